The summed E-state index contributed by atoms with van der Waals surface area (Å²) in [6.45, 7) is 11.3. The molecule has 1 aromatic rings. The van der Waals surface area contributed by atoms with E-state index in [4.69, 9.17) is 0 Å². The van der Waals surface area contributed by atoms with Gasteiger partial charge in [-0.05, 0) is 49.1 Å². The highest BCUT2D eigenvalue weighted by Gasteiger charge is 2.77. The highest BCUT2D eigenvalue weighted by atomic mass is 16.4. The number of hydrogen-bond acceptors (Lipinski definition) is 8. The van der Waals surface area contributed by atoms with Crippen molar-refractivity contribution in [2.45, 2.75) is 85.4 Å². The van der Waals surface area contributed by atoms with Crippen LogP contribution in [0.4, 0.5) is 0 Å². The first-order valence-electron chi connectivity index (χ1n) is 14.6. The van der Waals surface area contributed by atoms with Crippen LogP contribution in [0, 0.1) is 22.7 Å². The zero-order chi connectivity index (χ0) is 31.3. The highest BCUT2D eigenvalue weighted by molar-refractivity contribution is 6.24. The Balaban J connectivity index is 1.77. The Bertz CT molecular complexity index is 1570. The van der Waals surface area contributed by atoms with Gasteiger partial charge in [-0.1, -0.05) is 77.0 Å². The minimum Gasteiger partial charge on any atom is -0.508 e. The number of carbonyl (C=O) groups excluding carboxylic acids is 3. The molecule has 0 saturated heterocycles. The Kier molecular flexibility index (Phi) is 6.79. The quantitative estimate of drug-likeness (QED) is 0.310. The molecule has 0 spiro atoms. The predicted octanol–water partition coefficient (Wildman–Crippen LogP) is 4.93. The molecule has 8 heteroatoms. The molecule has 1 unspecified atom stereocenters. The number of aliphatic hydroxyl groups excluding tert-OH is 3. The van der Waals surface area contributed by atoms with Crippen molar-refractivity contribution in [2.75, 3.05) is 0 Å². The molecule has 0 heterocycles. The number of benzene rings is 1. The van der Waals surface area contributed by atoms with Crippen LogP contribution in [0.5, 0.6) is 5.75 Å². The van der Waals surface area contributed by atoms with Crippen LogP contribution in [0.3, 0.4) is 0 Å². The van der Waals surface area contributed by atoms with Crippen molar-refractivity contribution in [1.82, 2.24) is 0 Å². The summed E-state index contributed by atoms with van der Waals surface area (Å²) in [4.78, 5) is 40.8. The van der Waals surface area contributed by atoms with Crippen molar-refractivity contribution < 1.29 is 39.9 Å². The fourth-order valence-electron chi connectivity index (χ4n) is 8.37. The third kappa shape index (κ3) is 3.45. The molecular formula is C34H40O8. The number of aliphatic hydroxyl groups is 4. The van der Waals surface area contributed by atoms with E-state index in [-0.39, 0.29) is 16.9 Å². The van der Waals surface area contributed by atoms with Gasteiger partial charge in [0.1, 0.15) is 22.8 Å². The standard InChI is InChI=1S/C34H40O8/c1-8-18-9-10-19(13-18)14-20-11-12-21-16(4)32(6)25(28(38)23(21)26(20)36)30(40)34(42)29(39)22(17(5)35)27(37)24(15(2)3)33(34,7)31(32)41/h9,11-13,15-16,24,31,36,38-39,41-42H,8,10,14H2,1-7H3/t16-,24?,31-,32+,33+,34+/m1/s1. The van der Waals surface area contributed by atoms with Crippen LogP contribution in [-0.2, 0) is 20.8 Å². The predicted molar refractivity (Wildman–Crippen MR) is 157 cm³/mol. The SMILES string of the molecule is CCC1=CCC(Cc2ccc3c(c2O)C(O)=C2C(=O)[C@@]4(O)C(O)=C(C(C)=O)C(=O)C(C(C)C)[C@@]4(C)[C@H](O)[C@@]2(C)[C@@H]3C)=C1. The Hall–Kier alpha value is -3.49. The molecule has 224 valence electrons. The topological polar surface area (TPSA) is 152 Å². The van der Waals surface area contributed by atoms with E-state index in [1.54, 1.807) is 39.8 Å². The molecule has 1 aromatic carbocycles. The molecule has 4 aliphatic rings. The average molecular weight is 577 g/mol. The van der Waals surface area contributed by atoms with E-state index in [0.29, 0.717) is 17.5 Å². The lowest BCUT2D eigenvalue weighted by atomic mass is 9.40. The lowest BCUT2D eigenvalue weighted by molar-refractivity contribution is -0.215. The van der Waals surface area contributed by atoms with Gasteiger partial charge in [-0.3, -0.25) is 14.4 Å². The number of carbonyl (C=O) groups is 3. The fourth-order valence-corrected chi connectivity index (χ4v) is 8.37. The van der Waals surface area contributed by atoms with Crippen LogP contribution in [0.25, 0.3) is 5.76 Å². The number of rotatable bonds is 5. The van der Waals surface area contributed by atoms with Crippen molar-refractivity contribution >= 4 is 23.1 Å². The maximum Gasteiger partial charge on any atom is 0.203 e. The molecular weight excluding hydrogens is 536 g/mol. The summed E-state index contributed by atoms with van der Waals surface area (Å²) in [6.07, 6.45) is 4.65. The number of aromatic hydroxyl groups is 1. The molecule has 0 aliphatic heterocycles. The molecule has 5 rings (SSSR count). The number of phenolic OH excluding ortho intramolecular Hbond substituents is 1. The molecule has 0 amide bonds. The summed E-state index contributed by atoms with van der Waals surface area (Å²) in [5.41, 5.74) is -4.03. The molecule has 1 fully saturated rings. The van der Waals surface area contributed by atoms with Gasteiger partial charge in [0.05, 0.1) is 17.2 Å². The van der Waals surface area contributed by atoms with E-state index in [0.717, 1.165) is 25.3 Å². The van der Waals surface area contributed by atoms with Crippen LogP contribution in [0.15, 0.2) is 52.3 Å². The Labute approximate surface area is 245 Å². The number of allylic oxidation sites excluding steroid dienone is 5. The van der Waals surface area contributed by atoms with Crippen molar-refractivity contribution in [3.05, 3.63) is 69.0 Å². The second kappa shape index (κ2) is 9.51. The van der Waals surface area contributed by atoms with Crippen molar-refractivity contribution in [3.63, 3.8) is 0 Å². The van der Waals surface area contributed by atoms with Gasteiger partial charge in [0.2, 0.25) is 5.78 Å². The zero-order valence-corrected chi connectivity index (χ0v) is 25.2. The van der Waals surface area contributed by atoms with Crippen molar-refractivity contribution in [3.8, 4) is 5.75 Å². The van der Waals surface area contributed by atoms with E-state index in [2.05, 4.69) is 19.1 Å². The maximum atomic E-state index is 14.5. The second-order valence-electron chi connectivity index (χ2n) is 13.2. The molecule has 6 atom stereocenters. The monoisotopic (exact) mass is 576 g/mol. The number of hydrogen-bond donors (Lipinski definition) is 5. The van der Waals surface area contributed by atoms with Crippen LogP contribution in [0.2, 0.25) is 0 Å². The first-order chi connectivity index (χ1) is 19.5. The third-order valence-electron chi connectivity index (χ3n) is 10.8. The first kappa shape index (κ1) is 30.0. The molecule has 0 bridgehead atoms. The van der Waals surface area contributed by atoms with E-state index >= 15 is 0 Å². The minimum atomic E-state index is -2.89. The van der Waals surface area contributed by atoms with Gasteiger partial charge in [0, 0.05) is 16.7 Å². The van der Waals surface area contributed by atoms with E-state index in [1.807, 2.05) is 0 Å². The Morgan fingerprint density at radius 3 is 2.31 bits per heavy atom. The lowest BCUT2D eigenvalue weighted by Crippen LogP contribution is -2.75. The van der Waals surface area contributed by atoms with E-state index < -0.39 is 74.7 Å². The summed E-state index contributed by atoms with van der Waals surface area (Å²) >= 11 is 0. The van der Waals surface area contributed by atoms with Gasteiger partial charge in [0.15, 0.2) is 17.2 Å². The van der Waals surface area contributed by atoms with Crippen LogP contribution >= 0.6 is 0 Å². The van der Waals surface area contributed by atoms with Crippen LogP contribution in [0.1, 0.15) is 83.9 Å². The first-order valence-corrected chi connectivity index (χ1v) is 14.6. The third-order valence-corrected chi connectivity index (χ3v) is 10.8. The van der Waals surface area contributed by atoms with Crippen molar-refractivity contribution in [1.29, 1.82) is 0 Å². The number of phenols is 1. The molecule has 0 radical (unpaired) electrons. The minimum absolute atomic E-state index is 0.0325. The summed E-state index contributed by atoms with van der Waals surface area (Å²) in [5.74, 6) is -7.01. The fraction of sp³-hybridized carbons (Fsp3) is 0.500. The summed E-state index contributed by atoms with van der Waals surface area (Å²) in [5, 5.41) is 59.1. The Morgan fingerprint density at radius 2 is 1.76 bits per heavy atom. The second-order valence-corrected chi connectivity index (χ2v) is 13.2. The van der Waals surface area contributed by atoms with Gasteiger partial charge >= 0.3 is 0 Å². The molecule has 5 N–H and O–H groups in total. The molecule has 1 saturated carbocycles. The molecule has 4 aliphatic carbocycles. The van der Waals surface area contributed by atoms with Crippen molar-refractivity contribution in [2.24, 2.45) is 22.7 Å². The molecule has 0 aromatic heterocycles. The summed E-state index contributed by atoms with van der Waals surface area (Å²) in [7, 11) is 0. The molecule has 8 nitrogen and oxygen atoms in total. The normalized spacial score (nSPS) is 34.3. The maximum absolute atomic E-state index is 14.5. The van der Waals surface area contributed by atoms with Crippen LogP contribution < -0.4 is 0 Å². The van der Waals surface area contributed by atoms with Gasteiger partial charge in [-0.15, -0.1) is 0 Å². The van der Waals surface area contributed by atoms with Gasteiger partial charge in [0.25, 0.3) is 0 Å². The van der Waals surface area contributed by atoms with Crippen LogP contribution in [-0.4, -0.2) is 54.6 Å². The largest absolute Gasteiger partial charge is 0.508 e. The average Bonchev–Trinajstić information content (AvgIpc) is 3.37. The van der Waals surface area contributed by atoms with Gasteiger partial charge in [-0.25, -0.2) is 0 Å². The Morgan fingerprint density at radius 1 is 1.12 bits per heavy atom. The highest BCUT2D eigenvalue weighted by Crippen LogP contribution is 2.67. The lowest BCUT2D eigenvalue weighted by Gasteiger charge is -2.63. The van der Waals surface area contributed by atoms with Gasteiger partial charge < -0.3 is 25.5 Å². The number of Topliss-reactive ketones (excluding diaryl/α,β-unsaturated/α-hetero) is 3. The summed E-state index contributed by atoms with van der Waals surface area (Å²) < 4.78 is 0. The van der Waals surface area contributed by atoms with E-state index in [9.17, 15) is 39.9 Å². The van der Waals surface area contributed by atoms with E-state index in [1.165, 1.54) is 12.5 Å². The number of fused-ring (bicyclic) bond motifs is 3. The van der Waals surface area contributed by atoms with Gasteiger partial charge in [-0.2, -0.15) is 0 Å². The summed E-state index contributed by atoms with van der Waals surface area (Å²) in [6, 6.07) is 3.55. The smallest absolute Gasteiger partial charge is 0.203 e. The zero-order valence-electron chi connectivity index (χ0n) is 25.2. The molecule has 42 heavy (non-hydrogen) atoms. The number of ketones is 3.